The van der Waals surface area contributed by atoms with Crippen molar-refractivity contribution in [3.05, 3.63) is 34.4 Å². The molecule has 1 aromatic rings. The van der Waals surface area contributed by atoms with Crippen LogP contribution < -0.4 is 0 Å². The van der Waals surface area contributed by atoms with Gasteiger partial charge in [-0.1, -0.05) is 11.6 Å². The number of aliphatic carboxylic acids is 1. The molecule has 0 saturated heterocycles. The molecule has 0 atom stereocenters. The molecule has 0 amide bonds. The minimum Gasteiger partial charge on any atom is -0.481 e. The third-order valence-electron chi connectivity index (χ3n) is 1.41. The first-order valence-electron chi connectivity index (χ1n) is 3.36. The van der Waals surface area contributed by atoms with Gasteiger partial charge < -0.3 is 5.11 Å². The molecule has 0 spiro atoms. The molecule has 2 nitrogen and oxygen atoms in total. The van der Waals surface area contributed by atoms with E-state index < -0.39 is 24.0 Å². The van der Waals surface area contributed by atoms with Gasteiger partial charge in [0.1, 0.15) is 11.6 Å². The van der Waals surface area contributed by atoms with Gasteiger partial charge in [-0.25, -0.2) is 8.78 Å². The summed E-state index contributed by atoms with van der Waals surface area (Å²) in [6.07, 6.45) is -0.493. The molecule has 1 aromatic carbocycles. The van der Waals surface area contributed by atoms with Gasteiger partial charge in [-0.3, -0.25) is 4.79 Å². The fraction of sp³-hybridized carbons (Fsp3) is 0.125. The first kappa shape index (κ1) is 9.92. The van der Waals surface area contributed by atoms with Crippen molar-refractivity contribution in [2.45, 2.75) is 6.42 Å². The zero-order chi connectivity index (χ0) is 10.0. The number of halogens is 3. The van der Waals surface area contributed by atoms with E-state index in [1.165, 1.54) is 0 Å². The van der Waals surface area contributed by atoms with E-state index in [0.717, 1.165) is 6.07 Å². The lowest BCUT2D eigenvalue weighted by molar-refractivity contribution is -0.136. The van der Waals surface area contributed by atoms with Crippen molar-refractivity contribution in [1.29, 1.82) is 0 Å². The molecular weight excluding hydrogens is 202 g/mol. The maximum Gasteiger partial charge on any atom is 0.307 e. The van der Waals surface area contributed by atoms with Crippen LogP contribution in [0.4, 0.5) is 8.78 Å². The van der Waals surface area contributed by atoms with E-state index in [1.807, 2.05) is 0 Å². The molecule has 1 rings (SSSR count). The standard InChI is InChI=1S/C8H5ClF2O2/c9-8-4(2-7(12)13)1-5(10)3-6(8)11/h1,3H,2H2,(H,12,13). The van der Waals surface area contributed by atoms with Crippen LogP contribution >= 0.6 is 11.6 Å². The molecule has 0 aliphatic rings. The quantitative estimate of drug-likeness (QED) is 0.754. The first-order chi connectivity index (χ1) is 6.00. The second kappa shape index (κ2) is 3.70. The van der Waals surface area contributed by atoms with Crippen LogP contribution in [0.25, 0.3) is 0 Å². The Morgan fingerprint density at radius 3 is 2.62 bits per heavy atom. The van der Waals surface area contributed by atoms with Gasteiger partial charge in [0.05, 0.1) is 11.4 Å². The molecule has 0 bridgehead atoms. The van der Waals surface area contributed by atoms with E-state index in [4.69, 9.17) is 16.7 Å². The highest BCUT2D eigenvalue weighted by Gasteiger charge is 2.11. The Balaban J connectivity index is 3.12. The molecule has 70 valence electrons. The van der Waals surface area contributed by atoms with Crippen LogP contribution in [0.15, 0.2) is 12.1 Å². The van der Waals surface area contributed by atoms with Crippen molar-refractivity contribution in [2.75, 3.05) is 0 Å². The summed E-state index contributed by atoms with van der Waals surface area (Å²) in [5, 5.41) is 8.03. The normalized spacial score (nSPS) is 10.1. The van der Waals surface area contributed by atoms with Crippen molar-refractivity contribution >= 4 is 17.6 Å². The molecule has 0 fully saturated rings. The van der Waals surface area contributed by atoms with Crippen molar-refractivity contribution in [3.8, 4) is 0 Å². The van der Waals surface area contributed by atoms with Crippen LogP contribution in [0.5, 0.6) is 0 Å². The Kier molecular flexibility index (Phi) is 2.83. The largest absolute Gasteiger partial charge is 0.481 e. The van der Waals surface area contributed by atoms with Gasteiger partial charge in [-0.2, -0.15) is 0 Å². The minimum atomic E-state index is -1.19. The van der Waals surface area contributed by atoms with Crippen molar-refractivity contribution in [2.24, 2.45) is 0 Å². The second-order valence-electron chi connectivity index (χ2n) is 2.43. The number of benzene rings is 1. The van der Waals surface area contributed by atoms with Crippen LogP contribution in [-0.2, 0) is 11.2 Å². The average Bonchev–Trinajstić information content (AvgIpc) is 1.98. The minimum absolute atomic E-state index is 0.0633. The van der Waals surface area contributed by atoms with Crippen LogP contribution in [-0.4, -0.2) is 11.1 Å². The zero-order valence-corrected chi connectivity index (χ0v) is 7.11. The molecule has 13 heavy (non-hydrogen) atoms. The number of hydrogen-bond acceptors (Lipinski definition) is 1. The predicted octanol–water partition coefficient (Wildman–Crippen LogP) is 2.25. The first-order valence-corrected chi connectivity index (χ1v) is 3.73. The smallest absolute Gasteiger partial charge is 0.307 e. The highest BCUT2D eigenvalue weighted by molar-refractivity contribution is 6.31. The van der Waals surface area contributed by atoms with Gasteiger partial charge in [0.25, 0.3) is 0 Å². The van der Waals surface area contributed by atoms with Gasteiger partial charge in [0, 0.05) is 6.07 Å². The number of rotatable bonds is 2. The third-order valence-corrected chi connectivity index (χ3v) is 1.83. The summed E-state index contributed by atoms with van der Waals surface area (Å²) in [4.78, 5) is 10.2. The molecule has 5 heteroatoms. The summed E-state index contributed by atoms with van der Waals surface area (Å²) in [5.41, 5.74) is -0.0633. The number of carboxylic acids is 1. The van der Waals surface area contributed by atoms with Crippen LogP contribution in [0.3, 0.4) is 0 Å². The molecule has 0 heterocycles. The molecule has 1 N–H and O–H groups in total. The number of hydrogen-bond donors (Lipinski definition) is 1. The zero-order valence-electron chi connectivity index (χ0n) is 6.35. The summed E-state index contributed by atoms with van der Waals surface area (Å²) >= 11 is 5.40. The van der Waals surface area contributed by atoms with Gasteiger partial charge in [-0.05, 0) is 11.6 Å². The summed E-state index contributed by atoms with van der Waals surface area (Å²) in [6.45, 7) is 0. The van der Waals surface area contributed by atoms with Crippen LogP contribution in [0.2, 0.25) is 5.02 Å². The summed E-state index contributed by atoms with van der Waals surface area (Å²) in [7, 11) is 0. The number of carboxylic acid groups (broad SMARTS) is 1. The lowest BCUT2D eigenvalue weighted by Gasteiger charge is -2.01. The van der Waals surface area contributed by atoms with Gasteiger partial charge >= 0.3 is 5.97 Å². The summed E-state index contributed by atoms with van der Waals surface area (Å²) < 4.78 is 25.3. The van der Waals surface area contributed by atoms with E-state index in [2.05, 4.69) is 0 Å². The van der Waals surface area contributed by atoms with Gasteiger partial charge in [0.15, 0.2) is 0 Å². The fourth-order valence-electron chi connectivity index (χ4n) is 0.901. The summed E-state index contributed by atoms with van der Waals surface area (Å²) in [6, 6.07) is 1.51. The second-order valence-corrected chi connectivity index (χ2v) is 2.81. The van der Waals surface area contributed by atoms with Gasteiger partial charge in [-0.15, -0.1) is 0 Å². The molecule has 0 aliphatic heterocycles. The monoisotopic (exact) mass is 206 g/mol. The molecule has 0 saturated carbocycles. The van der Waals surface area contributed by atoms with E-state index >= 15 is 0 Å². The van der Waals surface area contributed by atoms with E-state index in [1.54, 1.807) is 0 Å². The summed E-state index contributed by atoms with van der Waals surface area (Å²) in [5.74, 6) is -2.97. The lowest BCUT2D eigenvalue weighted by Crippen LogP contribution is -2.02. The molecule has 0 aromatic heterocycles. The fourth-order valence-corrected chi connectivity index (χ4v) is 1.08. The molecule has 0 unspecified atom stereocenters. The van der Waals surface area contributed by atoms with E-state index in [0.29, 0.717) is 6.07 Å². The van der Waals surface area contributed by atoms with Crippen LogP contribution in [0.1, 0.15) is 5.56 Å². The molecular formula is C8H5ClF2O2. The Labute approximate surface area is 77.8 Å². The Morgan fingerprint density at radius 2 is 2.08 bits per heavy atom. The highest BCUT2D eigenvalue weighted by atomic mass is 35.5. The van der Waals surface area contributed by atoms with Crippen molar-refractivity contribution in [3.63, 3.8) is 0 Å². The molecule has 0 radical (unpaired) electrons. The van der Waals surface area contributed by atoms with E-state index in [9.17, 15) is 13.6 Å². The van der Waals surface area contributed by atoms with Gasteiger partial charge in [0.2, 0.25) is 0 Å². The van der Waals surface area contributed by atoms with Crippen molar-refractivity contribution in [1.82, 2.24) is 0 Å². The SMILES string of the molecule is O=C(O)Cc1cc(F)cc(F)c1Cl. The maximum atomic E-state index is 12.7. The molecule has 0 aliphatic carbocycles. The van der Waals surface area contributed by atoms with Crippen LogP contribution in [0, 0.1) is 11.6 Å². The highest BCUT2D eigenvalue weighted by Crippen LogP contribution is 2.21. The Hall–Kier alpha value is -1.16. The maximum absolute atomic E-state index is 12.7. The number of carbonyl (C=O) groups is 1. The topological polar surface area (TPSA) is 37.3 Å². The average molecular weight is 207 g/mol. The Morgan fingerprint density at radius 1 is 1.46 bits per heavy atom. The third kappa shape index (κ3) is 2.39. The predicted molar refractivity (Wildman–Crippen MR) is 42.7 cm³/mol. The van der Waals surface area contributed by atoms with Crippen molar-refractivity contribution < 1.29 is 18.7 Å². The lowest BCUT2D eigenvalue weighted by atomic mass is 10.1. The Bertz CT molecular complexity index is 352. The van der Waals surface area contributed by atoms with E-state index in [-0.39, 0.29) is 10.6 Å².